The maximum absolute atomic E-state index is 12.3. The van der Waals surface area contributed by atoms with Gasteiger partial charge in [-0.2, -0.15) is 0 Å². The Kier molecular flexibility index (Phi) is 5.27. The summed E-state index contributed by atoms with van der Waals surface area (Å²) in [6.07, 6.45) is 1.95. The smallest absolute Gasteiger partial charge is 0.340 e. The number of ketones is 1. The van der Waals surface area contributed by atoms with Crippen LogP contribution in [-0.4, -0.2) is 44.1 Å². The number of nitrogens with zero attached hydrogens (tertiary/aromatic N) is 2. The van der Waals surface area contributed by atoms with E-state index in [9.17, 15) is 18.0 Å². The van der Waals surface area contributed by atoms with Gasteiger partial charge in [0.25, 0.3) is 0 Å². The van der Waals surface area contributed by atoms with E-state index in [2.05, 4.69) is 4.98 Å². The molecule has 1 aromatic heterocycles. The number of rotatable bonds is 6. The Morgan fingerprint density at radius 1 is 1.19 bits per heavy atom. The van der Waals surface area contributed by atoms with E-state index in [0.717, 1.165) is 11.3 Å². The SMILES string of the molecule is CCS(=O)(=O)N1CCc2cc(C(=O)COC(=O)c3ccc(C)nc3)ccc21. The van der Waals surface area contributed by atoms with Crippen LogP contribution in [-0.2, 0) is 21.2 Å². The van der Waals surface area contributed by atoms with Crippen LogP contribution in [0, 0.1) is 6.92 Å². The molecule has 1 aromatic carbocycles. The predicted octanol–water partition coefficient (Wildman–Crippen LogP) is 2.14. The van der Waals surface area contributed by atoms with Gasteiger partial charge in [-0.15, -0.1) is 0 Å². The summed E-state index contributed by atoms with van der Waals surface area (Å²) in [6, 6.07) is 8.15. The summed E-state index contributed by atoms with van der Waals surface area (Å²) in [6.45, 7) is 3.39. The summed E-state index contributed by atoms with van der Waals surface area (Å²) in [5.41, 5.74) is 2.85. The predicted molar refractivity (Wildman–Crippen MR) is 101 cm³/mol. The van der Waals surface area contributed by atoms with Gasteiger partial charge in [-0.3, -0.25) is 14.1 Å². The van der Waals surface area contributed by atoms with E-state index in [1.54, 1.807) is 44.2 Å². The van der Waals surface area contributed by atoms with Gasteiger partial charge in [0.2, 0.25) is 10.0 Å². The molecule has 0 fully saturated rings. The third-order valence-electron chi connectivity index (χ3n) is 4.44. The van der Waals surface area contributed by atoms with Crippen molar-refractivity contribution in [2.24, 2.45) is 0 Å². The molecule has 0 spiro atoms. The van der Waals surface area contributed by atoms with Gasteiger partial charge in [-0.25, -0.2) is 13.2 Å². The van der Waals surface area contributed by atoms with E-state index in [0.29, 0.717) is 24.2 Å². The summed E-state index contributed by atoms with van der Waals surface area (Å²) < 4.78 is 30.7. The van der Waals surface area contributed by atoms with Gasteiger partial charge in [0.05, 0.1) is 17.0 Å². The number of fused-ring (bicyclic) bond motifs is 1. The third kappa shape index (κ3) is 4.00. The normalized spacial score (nSPS) is 13.3. The van der Waals surface area contributed by atoms with Crippen LogP contribution < -0.4 is 4.31 Å². The lowest BCUT2D eigenvalue weighted by Gasteiger charge is -2.18. The average Bonchev–Trinajstić information content (AvgIpc) is 3.10. The number of anilines is 1. The van der Waals surface area contributed by atoms with Crippen LogP contribution in [0.4, 0.5) is 5.69 Å². The first-order valence-electron chi connectivity index (χ1n) is 8.58. The monoisotopic (exact) mass is 388 g/mol. The second-order valence-corrected chi connectivity index (χ2v) is 8.44. The minimum Gasteiger partial charge on any atom is -0.454 e. The zero-order valence-corrected chi connectivity index (χ0v) is 16.0. The molecule has 0 aliphatic carbocycles. The minimum atomic E-state index is -3.33. The Hall–Kier alpha value is -2.74. The number of benzene rings is 1. The van der Waals surface area contributed by atoms with Crippen molar-refractivity contribution in [3.05, 3.63) is 58.9 Å². The molecule has 1 aliphatic heterocycles. The molecule has 0 atom stereocenters. The molecular formula is C19H20N2O5S. The minimum absolute atomic E-state index is 0.0247. The van der Waals surface area contributed by atoms with Gasteiger partial charge in [-0.05, 0) is 56.2 Å². The molecule has 0 N–H and O–H groups in total. The van der Waals surface area contributed by atoms with Gasteiger partial charge in [-0.1, -0.05) is 0 Å². The van der Waals surface area contributed by atoms with Gasteiger partial charge in [0, 0.05) is 24.0 Å². The van der Waals surface area contributed by atoms with Crippen molar-refractivity contribution in [1.29, 1.82) is 0 Å². The first-order valence-corrected chi connectivity index (χ1v) is 10.2. The number of carbonyl (C=O) groups is 2. The van der Waals surface area contributed by atoms with E-state index in [1.807, 2.05) is 0 Å². The molecule has 2 aromatic rings. The van der Waals surface area contributed by atoms with E-state index < -0.39 is 16.0 Å². The molecule has 2 heterocycles. The highest BCUT2D eigenvalue weighted by Crippen LogP contribution is 2.31. The van der Waals surface area contributed by atoms with Crippen LogP contribution in [0.15, 0.2) is 36.5 Å². The summed E-state index contributed by atoms with van der Waals surface area (Å²) in [4.78, 5) is 28.3. The van der Waals surface area contributed by atoms with E-state index in [-0.39, 0.29) is 23.7 Å². The summed E-state index contributed by atoms with van der Waals surface area (Å²) in [5, 5.41) is 0. The van der Waals surface area contributed by atoms with Crippen molar-refractivity contribution in [2.45, 2.75) is 20.3 Å². The zero-order valence-electron chi connectivity index (χ0n) is 15.1. The molecule has 0 bridgehead atoms. The number of Topliss-reactive ketones (excluding diaryl/α,β-unsaturated/α-hetero) is 1. The lowest BCUT2D eigenvalue weighted by Crippen LogP contribution is -2.30. The van der Waals surface area contributed by atoms with Crippen molar-refractivity contribution < 1.29 is 22.7 Å². The first kappa shape index (κ1) is 19.0. The highest BCUT2D eigenvalue weighted by atomic mass is 32.2. The molecule has 27 heavy (non-hydrogen) atoms. The fourth-order valence-electron chi connectivity index (χ4n) is 2.88. The lowest BCUT2D eigenvalue weighted by molar-refractivity contribution is 0.0474. The first-order chi connectivity index (χ1) is 12.8. The van der Waals surface area contributed by atoms with Crippen LogP contribution in [0.2, 0.25) is 0 Å². The van der Waals surface area contributed by atoms with Gasteiger partial charge >= 0.3 is 5.97 Å². The molecule has 0 radical (unpaired) electrons. The Balaban J connectivity index is 1.68. The lowest BCUT2D eigenvalue weighted by atomic mass is 10.1. The average molecular weight is 388 g/mol. The largest absolute Gasteiger partial charge is 0.454 e. The van der Waals surface area contributed by atoms with E-state index >= 15 is 0 Å². The highest BCUT2D eigenvalue weighted by Gasteiger charge is 2.28. The molecule has 8 heteroatoms. The Morgan fingerprint density at radius 3 is 2.59 bits per heavy atom. The summed E-state index contributed by atoms with van der Waals surface area (Å²) in [7, 11) is -3.33. The van der Waals surface area contributed by atoms with Crippen LogP contribution in [0.5, 0.6) is 0 Å². The van der Waals surface area contributed by atoms with Gasteiger partial charge in [0.15, 0.2) is 12.4 Å². The number of aromatic nitrogens is 1. The van der Waals surface area contributed by atoms with Gasteiger partial charge < -0.3 is 4.74 Å². The van der Waals surface area contributed by atoms with Crippen molar-refractivity contribution in [1.82, 2.24) is 4.98 Å². The van der Waals surface area contributed by atoms with Crippen molar-refractivity contribution in [3.8, 4) is 0 Å². The number of sulfonamides is 1. The van der Waals surface area contributed by atoms with Crippen molar-refractivity contribution >= 4 is 27.5 Å². The molecular weight excluding hydrogens is 368 g/mol. The summed E-state index contributed by atoms with van der Waals surface area (Å²) >= 11 is 0. The number of aryl methyl sites for hydroxylation is 1. The Labute approximate surface area is 158 Å². The third-order valence-corrected chi connectivity index (χ3v) is 6.22. The molecule has 142 valence electrons. The number of ether oxygens (including phenoxy) is 1. The number of hydrogen-bond acceptors (Lipinski definition) is 6. The van der Waals surface area contributed by atoms with Crippen LogP contribution >= 0.6 is 0 Å². The molecule has 0 unspecified atom stereocenters. The maximum atomic E-state index is 12.3. The van der Waals surface area contributed by atoms with Crippen molar-refractivity contribution in [3.63, 3.8) is 0 Å². The Morgan fingerprint density at radius 2 is 1.93 bits per heavy atom. The fraction of sp³-hybridized carbons (Fsp3) is 0.316. The molecule has 1 aliphatic rings. The van der Waals surface area contributed by atoms with E-state index in [4.69, 9.17) is 4.74 Å². The zero-order chi connectivity index (χ0) is 19.6. The topological polar surface area (TPSA) is 93.6 Å². The number of carbonyl (C=O) groups excluding carboxylic acids is 2. The second kappa shape index (κ2) is 7.48. The fourth-order valence-corrected chi connectivity index (χ4v) is 4.03. The summed E-state index contributed by atoms with van der Waals surface area (Å²) in [5.74, 6) is -0.933. The Bertz CT molecular complexity index is 984. The standard InChI is InChI=1S/C19H20N2O5S/c1-3-27(24,25)21-9-8-14-10-15(6-7-17(14)21)18(22)12-26-19(23)16-5-4-13(2)20-11-16/h4-7,10-11H,3,8-9,12H2,1-2H3. The molecule has 3 rings (SSSR count). The number of esters is 1. The molecule has 0 amide bonds. The highest BCUT2D eigenvalue weighted by molar-refractivity contribution is 7.92. The molecule has 7 nitrogen and oxygen atoms in total. The van der Waals surface area contributed by atoms with E-state index in [1.165, 1.54) is 10.5 Å². The van der Waals surface area contributed by atoms with Crippen LogP contribution in [0.1, 0.15) is 38.9 Å². The molecule has 0 saturated heterocycles. The second-order valence-electron chi connectivity index (χ2n) is 6.25. The number of pyridine rings is 1. The van der Waals surface area contributed by atoms with Crippen LogP contribution in [0.3, 0.4) is 0 Å². The number of hydrogen-bond donors (Lipinski definition) is 0. The maximum Gasteiger partial charge on any atom is 0.340 e. The van der Waals surface area contributed by atoms with Crippen LogP contribution in [0.25, 0.3) is 0 Å². The van der Waals surface area contributed by atoms with Gasteiger partial charge in [0.1, 0.15) is 0 Å². The quantitative estimate of drug-likeness (QED) is 0.556. The molecule has 0 saturated carbocycles. The van der Waals surface area contributed by atoms with Crippen molar-refractivity contribution in [2.75, 3.05) is 23.2 Å².